The van der Waals surface area contributed by atoms with Crippen molar-refractivity contribution in [2.45, 2.75) is 44.9 Å². The highest BCUT2D eigenvalue weighted by Gasteiger charge is 2.50. The maximum atomic E-state index is 12.3. The van der Waals surface area contributed by atoms with Crippen LogP contribution in [0.5, 0.6) is 0 Å². The third kappa shape index (κ3) is 2.07. The zero-order valence-electron chi connectivity index (χ0n) is 11.2. The summed E-state index contributed by atoms with van der Waals surface area (Å²) in [6.45, 7) is 2.04. The lowest BCUT2D eigenvalue weighted by Crippen LogP contribution is -2.49. The molecule has 1 unspecified atom stereocenters. The fourth-order valence-corrected chi connectivity index (χ4v) is 3.85. The van der Waals surface area contributed by atoms with E-state index in [0.29, 0.717) is 6.42 Å². The molecule has 1 aromatic rings. The highest BCUT2D eigenvalue weighted by molar-refractivity contribution is 6.02. The average molecular weight is 257 g/mol. The monoisotopic (exact) mass is 257 g/mol. The number of carbonyl (C=O) groups is 2. The number of piperidine rings is 1. The summed E-state index contributed by atoms with van der Waals surface area (Å²) in [6, 6.07) is 8.14. The number of imide groups is 1. The number of amides is 2. The zero-order valence-corrected chi connectivity index (χ0v) is 11.2. The summed E-state index contributed by atoms with van der Waals surface area (Å²) < 4.78 is 0. The van der Waals surface area contributed by atoms with Crippen molar-refractivity contribution < 1.29 is 9.59 Å². The van der Waals surface area contributed by atoms with Crippen LogP contribution >= 0.6 is 0 Å². The molecule has 1 aliphatic carbocycles. The van der Waals surface area contributed by atoms with Crippen molar-refractivity contribution in [2.24, 2.45) is 5.41 Å². The second-order valence-corrected chi connectivity index (χ2v) is 6.01. The molecule has 2 aliphatic rings. The largest absolute Gasteiger partial charge is 0.296 e. The summed E-state index contributed by atoms with van der Waals surface area (Å²) in [5, 5.41) is 2.52. The van der Waals surface area contributed by atoms with E-state index in [1.807, 2.05) is 25.1 Å². The van der Waals surface area contributed by atoms with Crippen molar-refractivity contribution in [3.05, 3.63) is 35.4 Å². The zero-order chi connectivity index (χ0) is 13.5. The Morgan fingerprint density at radius 3 is 2.63 bits per heavy atom. The van der Waals surface area contributed by atoms with E-state index < -0.39 is 0 Å². The summed E-state index contributed by atoms with van der Waals surface area (Å²) in [5.74, 6) is -0.368. The van der Waals surface area contributed by atoms with E-state index in [-0.39, 0.29) is 23.1 Å². The highest BCUT2D eigenvalue weighted by Crippen LogP contribution is 2.53. The molecule has 1 heterocycles. The summed E-state index contributed by atoms with van der Waals surface area (Å²) in [6.07, 6.45) is 4.73. The SMILES string of the molecule is Cc1cccc(C2C(=O)NC(=O)CC23CCCC3)c1. The van der Waals surface area contributed by atoms with Gasteiger partial charge >= 0.3 is 0 Å². The van der Waals surface area contributed by atoms with Gasteiger partial charge in [0.05, 0.1) is 5.92 Å². The number of nitrogens with one attached hydrogen (secondary N) is 1. The van der Waals surface area contributed by atoms with Crippen LogP contribution < -0.4 is 5.32 Å². The van der Waals surface area contributed by atoms with Gasteiger partial charge in [-0.3, -0.25) is 14.9 Å². The van der Waals surface area contributed by atoms with Crippen LogP contribution in [0.4, 0.5) is 0 Å². The Hall–Kier alpha value is -1.64. The number of aryl methyl sites for hydroxylation is 1. The van der Waals surface area contributed by atoms with Crippen molar-refractivity contribution >= 4 is 11.8 Å². The van der Waals surface area contributed by atoms with Gasteiger partial charge in [-0.15, -0.1) is 0 Å². The molecular formula is C16H19NO2. The molecule has 0 radical (unpaired) electrons. The van der Waals surface area contributed by atoms with Crippen LogP contribution in [0.1, 0.15) is 49.1 Å². The molecule has 2 fully saturated rings. The molecule has 1 spiro atoms. The second kappa shape index (κ2) is 4.48. The lowest BCUT2D eigenvalue weighted by Gasteiger charge is -2.40. The molecule has 1 saturated carbocycles. The van der Waals surface area contributed by atoms with E-state index in [1.165, 1.54) is 0 Å². The molecule has 1 atom stereocenters. The van der Waals surface area contributed by atoms with Gasteiger partial charge < -0.3 is 0 Å². The molecule has 1 saturated heterocycles. The molecule has 2 amide bonds. The molecule has 3 rings (SSSR count). The fourth-order valence-electron chi connectivity index (χ4n) is 3.85. The summed E-state index contributed by atoms with van der Waals surface area (Å²) >= 11 is 0. The molecule has 1 aromatic carbocycles. The lowest BCUT2D eigenvalue weighted by atomic mass is 9.66. The van der Waals surface area contributed by atoms with Crippen LogP contribution in [-0.2, 0) is 9.59 Å². The van der Waals surface area contributed by atoms with Gasteiger partial charge in [-0.1, -0.05) is 42.7 Å². The van der Waals surface area contributed by atoms with Crippen molar-refractivity contribution in [3.63, 3.8) is 0 Å². The molecule has 1 aliphatic heterocycles. The standard InChI is InChI=1S/C16H19NO2/c1-11-5-4-6-12(9-11)14-15(19)17-13(18)10-16(14)7-2-3-8-16/h4-6,9,14H,2-3,7-8,10H2,1H3,(H,17,18,19). The normalized spacial score (nSPS) is 25.6. The van der Waals surface area contributed by atoms with Gasteiger partial charge in [-0.05, 0) is 30.7 Å². The number of hydrogen-bond donors (Lipinski definition) is 1. The first kappa shape index (κ1) is 12.4. The fraction of sp³-hybridized carbons (Fsp3) is 0.500. The first-order valence-electron chi connectivity index (χ1n) is 7.01. The minimum absolute atomic E-state index is 0.101. The Bertz CT molecular complexity index is 529. The van der Waals surface area contributed by atoms with E-state index in [0.717, 1.165) is 36.8 Å². The molecular weight excluding hydrogens is 238 g/mol. The van der Waals surface area contributed by atoms with Crippen LogP contribution in [0.2, 0.25) is 0 Å². The van der Waals surface area contributed by atoms with E-state index in [9.17, 15) is 9.59 Å². The van der Waals surface area contributed by atoms with Crippen molar-refractivity contribution in [3.8, 4) is 0 Å². The van der Waals surface area contributed by atoms with Crippen LogP contribution in [0, 0.1) is 12.3 Å². The lowest BCUT2D eigenvalue weighted by molar-refractivity contribution is -0.139. The average Bonchev–Trinajstić information content (AvgIpc) is 2.76. The molecule has 3 nitrogen and oxygen atoms in total. The molecule has 3 heteroatoms. The smallest absolute Gasteiger partial charge is 0.234 e. The maximum Gasteiger partial charge on any atom is 0.234 e. The summed E-state index contributed by atoms with van der Waals surface area (Å²) in [5.41, 5.74) is 2.09. The molecule has 1 N–H and O–H groups in total. The Labute approximate surface area is 113 Å². The van der Waals surface area contributed by atoms with Gasteiger partial charge in [-0.25, -0.2) is 0 Å². The highest BCUT2D eigenvalue weighted by atomic mass is 16.2. The number of benzene rings is 1. The topological polar surface area (TPSA) is 46.2 Å². The van der Waals surface area contributed by atoms with Gasteiger partial charge in [0.25, 0.3) is 0 Å². The van der Waals surface area contributed by atoms with Crippen molar-refractivity contribution in [1.29, 1.82) is 0 Å². The van der Waals surface area contributed by atoms with E-state index in [2.05, 4.69) is 11.4 Å². The Morgan fingerprint density at radius 1 is 1.21 bits per heavy atom. The summed E-state index contributed by atoms with van der Waals surface area (Å²) in [7, 11) is 0. The van der Waals surface area contributed by atoms with Crippen LogP contribution in [0.3, 0.4) is 0 Å². The third-order valence-corrected chi connectivity index (χ3v) is 4.62. The predicted molar refractivity (Wildman–Crippen MR) is 72.6 cm³/mol. The van der Waals surface area contributed by atoms with Crippen molar-refractivity contribution in [1.82, 2.24) is 5.32 Å². The number of rotatable bonds is 1. The van der Waals surface area contributed by atoms with Crippen molar-refractivity contribution in [2.75, 3.05) is 0 Å². The maximum absolute atomic E-state index is 12.3. The van der Waals surface area contributed by atoms with Gasteiger partial charge in [0.2, 0.25) is 11.8 Å². The van der Waals surface area contributed by atoms with Crippen LogP contribution in [-0.4, -0.2) is 11.8 Å². The Kier molecular flexibility index (Phi) is 2.92. The number of carbonyl (C=O) groups excluding carboxylic acids is 2. The summed E-state index contributed by atoms with van der Waals surface area (Å²) in [4.78, 5) is 24.1. The Morgan fingerprint density at radius 2 is 1.95 bits per heavy atom. The quantitative estimate of drug-likeness (QED) is 0.786. The van der Waals surface area contributed by atoms with Gasteiger partial charge in [0.1, 0.15) is 0 Å². The van der Waals surface area contributed by atoms with Crippen LogP contribution in [0.15, 0.2) is 24.3 Å². The predicted octanol–water partition coefficient (Wildman–Crippen LogP) is 2.69. The molecule has 100 valence electrons. The minimum Gasteiger partial charge on any atom is -0.296 e. The second-order valence-electron chi connectivity index (χ2n) is 6.01. The van der Waals surface area contributed by atoms with Gasteiger partial charge in [-0.2, -0.15) is 0 Å². The first-order chi connectivity index (χ1) is 9.11. The molecule has 0 bridgehead atoms. The van der Waals surface area contributed by atoms with E-state index >= 15 is 0 Å². The van der Waals surface area contributed by atoms with E-state index in [1.54, 1.807) is 0 Å². The molecule has 0 aromatic heterocycles. The van der Waals surface area contributed by atoms with Gasteiger partial charge in [0, 0.05) is 6.42 Å². The van der Waals surface area contributed by atoms with Crippen LogP contribution in [0.25, 0.3) is 0 Å². The van der Waals surface area contributed by atoms with E-state index in [4.69, 9.17) is 0 Å². The minimum atomic E-state index is -0.160. The Balaban J connectivity index is 2.05. The van der Waals surface area contributed by atoms with Gasteiger partial charge in [0.15, 0.2) is 0 Å². The third-order valence-electron chi connectivity index (χ3n) is 4.62. The number of hydrogen-bond acceptors (Lipinski definition) is 2. The first-order valence-corrected chi connectivity index (χ1v) is 7.01. The molecule has 19 heavy (non-hydrogen) atoms.